The molecular formula is C50H62N22O27P5+. The minimum absolute atomic E-state index is 0.00221. The van der Waals surface area contributed by atoms with Gasteiger partial charge in [0, 0.05) is 48.4 Å². The van der Waals surface area contributed by atoms with Crippen LogP contribution in [0.2, 0.25) is 0 Å². The van der Waals surface area contributed by atoms with Gasteiger partial charge in [-0.25, -0.2) is 82.9 Å². The fraction of sp³-hybridized carbons (Fsp3) is 0.520. The number of anilines is 4. The number of H-pyrrole nitrogens is 1. The summed E-state index contributed by atoms with van der Waals surface area (Å²) >= 11 is 0. The topological polar surface area (TPSA) is 669 Å². The number of aromatic amines is 1. The number of hydrogen-bond donors (Lipinski definition) is 11. The monoisotopic (exact) mass is 1560 g/mol. The van der Waals surface area contributed by atoms with Crippen molar-refractivity contribution in [1.82, 2.24) is 87.6 Å². The fourth-order valence-electron chi connectivity index (χ4n) is 12.3. The normalized spacial score (nSPS) is 29.1. The number of aliphatic hydroxyl groups is 1. The summed E-state index contributed by atoms with van der Waals surface area (Å²) in [5.74, 6) is 0.0276. The van der Waals surface area contributed by atoms with Crippen LogP contribution in [-0.4, -0.2) is 211 Å². The van der Waals surface area contributed by atoms with Gasteiger partial charge in [-0.3, -0.25) is 68.8 Å². The van der Waals surface area contributed by atoms with Gasteiger partial charge in [0.05, 0.1) is 57.8 Å². The lowest BCUT2D eigenvalue weighted by molar-refractivity contribution is -0.0630. The molecule has 558 valence electrons. The van der Waals surface area contributed by atoms with Gasteiger partial charge in [0.15, 0.2) is 45.9 Å². The molecule has 0 aromatic carbocycles. The van der Waals surface area contributed by atoms with Crippen LogP contribution >= 0.6 is 39.5 Å². The molecule has 5 unspecified atom stereocenters. The van der Waals surface area contributed by atoms with Crippen molar-refractivity contribution < 1.29 is 117 Å². The average Bonchev–Trinajstić information content (AvgIpc) is 1.65. The Kier molecular flexibility index (Phi) is 20.6. The predicted molar refractivity (Wildman–Crippen MR) is 342 cm³/mol. The largest absolute Gasteiger partial charge is 0.694 e. The molecule has 14 heterocycles. The van der Waals surface area contributed by atoms with Crippen molar-refractivity contribution in [2.75, 3.05) is 56.0 Å². The molecule has 104 heavy (non-hydrogen) atoms. The fourth-order valence-corrected chi connectivity index (χ4v) is 16.4. The van der Waals surface area contributed by atoms with Gasteiger partial charge in [0.1, 0.15) is 140 Å². The van der Waals surface area contributed by atoms with E-state index in [1.807, 2.05) is 0 Å². The standard InChI is InChI=1S/C50H61N22O27P5/c1-21-7-68(50(75)67-49(21)74)33-3-23(28(92-33)8-86-100(76)77)96-102(80,81)88-10-30-25(5-35(94-30)71-19-65-39-43(53)57-15-61-47(39)71)98-104(84,85)90-12-31-26(6-36(95-31)72-20-66-40-44(54)58-16-62-48(40)72)99-103(82,83)89-11-29-24(4-34(93-29)70-18-64-38-42(52)56-14-60-46(38)70)97-101(78,79)87-9-27-22(73)2-32(91-27)69-17-63-37-41(51)55-13-59-45(37)69/h7,13-20,22-36,73H,2-6,8-12H2,1H3,(H13-,51,52,53,54,55,56,57,58,59,60,61,62,67,74,75,76,77,78,79,80,81,82,83,84,85)/p+1/t22-,23-,24-,25-,26-,27+,28+,29+,30+,31+,32+,33+,34+,35+,36+/m0/s1. The molecule has 5 saturated heterocycles. The number of nitrogen functional groups attached to an aromatic ring is 4. The van der Waals surface area contributed by atoms with Crippen molar-refractivity contribution in [1.29, 1.82) is 0 Å². The lowest BCUT2D eigenvalue weighted by atomic mass is 10.2. The molecule has 0 amide bonds. The molecule has 9 aromatic rings. The smallest absolute Gasteiger partial charge is 0.390 e. The zero-order chi connectivity index (χ0) is 73.3. The molecule has 20 atom stereocenters. The van der Waals surface area contributed by atoms with Crippen molar-refractivity contribution in [3.63, 3.8) is 0 Å². The average molecular weight is 1560 g/mol. The van der Waals surface area contributed by atoms with Gasteiger partial charge in [-0.2, -0.15) is 0 Å². The number of aryl methyl sites for hydroxylation is 1. The highest BCUT2D eigenvalue weighted by Crippen LogP contribution is 2.56. The first-order chi connectivity index (χ1) is 49.5. The second kappa shape index (κ2) is 29.2. The van der Waals surface area contributed by atoms with Crippen LogP contribution in [-0.2, 0) is 87.2 Å². The lowest BCUT2D eigenvalue weighted by Gasteiger charge is -2.25. The molecule has 0 radical (unpaired) electrons. The number of fused-ring (bicyclic) bond motifs is 4. The Morgan fingerprint density at radius 1 is 0.462 bits per heavy atom. The SMILES string of the molecule is Cc1cn([C@H]2C[C@H](OP(=O)(O)OC[C@H]3O[C@@H](n4cnc5c(N)ncnc54)C[C@@H]3OP(=O)(O)OC[C@H]3O[C@@H](n4cnc5c(N)ncnc54)C[C@@H]3OP(=O)(O)OC[C@H]3O[C@@H](n4cnc5c(N)ncnc54)C[C@@H]3OP(=O)(O)OC[C@H]3O[C@@H](n4cnc5c(N)ncnc54)C[C@@H]3O)[C@@H](CO[P+](=O)O)O2)c(=O)[nH]c1=O. The molecule has 0 bridgehead atoms. The van der Waals surface area contributed by atoms with Gasteiger partial charge in [-0.15, -0.1) is 9.42 Å². The molecule has 54 heteroatoms. The molecule has 5 aliphatic rings. The number of aromatic nitrogens is 18. The minimum Gasteiger partial charge on any atom is -0.390 e. The number of phosphoric acid groups is 4. The van der Waals surface area contributed by atoms with E-state index in [1.54, 1.807) is 0 Å². The van der Waals surface area contributed by atoms with Crippen LogP contribution in [0, 0.1) is 6.92 Å². The van der Waals surface area contributed by atoms with Crippen LogP contribution in [0.4, 0.5) is 23.3 Å². The summed E-state index contributed by atoms with van der Waals surface area (Å²) in [5.41, 5.74) is 23.9. The maximum atomic E-state index is 14.4. The second-order valence-corrected chi connectivity index (χ2v) is 30.2. The molecule has 9 aromatic heterocycles. The van der Waals surface area contributed by atoms with Crippen LogP contribution in [0.15, 0.2) is 66.4 Å². The molecule has 0 aliphatic carbocycles. The van der Waals surface area contributed by atoms with Gasteiger partial charge >= 0.3 is 45.2 Å². The van der Waals surface area contributed by atoms with Gasteiger partial charge in [-0.1, -0.05) is 0 Å². The van der Waals surface area contributed by atoms with Crippen LogP contribution in [0.1, 0.15) is 68.8 Å². The van der Waals surface area contributed by atoms with E-state index < -0.39 is 176 Å². The summed E-state index contributed by atoms with van der Waals surface area (Å²) in [7, 11) is -24.7. The molecule has 49 nitrogen and oxygen atoms in total. The number of nitrogens with two attached hydrogens (primary N) is 4. The van der Waals surface area contributed by atoms with Crippen LogP contribution in [0.25, 0.3) is 44.7 Å². The minimum atomic E-state index is -5.47. The summed E-state index contributed by atoms with van der Waals surface area (Å²) in [6.45, 7) is -2.89. The van der Waals surface area contributed by atoms with Crippen molar-refractivity contribution in [2.24, 2.45) is 0 Å². The second-order valence-electron chi connectivity index (χ2n) is 23.9. The number of hydrogen-bond acceptors (Lipinski definition) is 38. The maximum Gasteiger partial charge on any atom is 0.694 e. The highest BCUT2D eigenvalue weighted by Gasteiger charge is 2.51. The molecule has 15 N–H and O–H groups in total. The number of ether oxygens (including phenoxy) is 5. The lowest BCUT2D eigenvalue weighted by Crippen LogP contribution is -2.33. The Bertz CT molecular complexity index is 5050. The van der Waals surface area contributed by atoms with Crippen LogP contribution in [0.3, 0.4) is 0 Å². The Hall–Kier alpha value is -7.70. The summed E-state index contributed by atoms with van der Waals surface area (Å²) in [5, 5.41) is 11.0. The summed E-state index contributed by atoms with van der Waals surface area (Å²) in [6.07, 6.45) is -11.1. The molecule has 0 spiro atoms. The van der Waals surface area contributed by atoms with Crippen molar-refractivity contribution >= 4 is 107 Å². The van der Waals surface area contributed by atoms with Crippen LogP contribution < -0.4 is 34.2 Å². The first-order valence-corrected chi connectivity index (χ1v) is 38.0. The first kappa shape index (κ1) is 73.2. The van der Waals surface area contributed by atoms with Crippen molar-refractivity contribution in [3.05, 3.63) is 83.2 Å². The highest BCUT2D eigenvalue weighted by atomic mass is 31.2. The van der Waals surface area contributed by atoms with Gasteiger partial charge in [0.2, 0.25) is 0 Å². The van der Waals surface area contributed by atoms with E-state index in [2.05, 4.69) is 64.8 Å². The Balaban J connectivity index is 0.672. The van der Waals surface area contributed by atoms with Gasteiger partial charge in [0.25, 0.3) is 5.56 Å². The molecule has 5 aliphatic heterocycles. The van der Waals surface area contributed by atoms with E-state index >= 15 is 0 Å². The molecule has 5 fully saturated rings. The summed E-state index contributed by atoms with van der Waals surface area (Å²) in [6, 6.07) is 0. The van der Waals surface area contributed by atoms with Crippen LogP contribution in [0.5, 0.6) is 0 Å². The van der Waals surface area contributed by atoms with Gasteiger partial charge < -0.3 is 71.3 Å². The van der Waals surface area contributed by atoms with E-state index in [1.165, 1.54) is 56.8 Å². The number of nitrogens with zero attached hydrogens (tertiary/aromatic N) is 17. The zero-order valence-corrected chi connectivity index (χ0v) is 57.8. The first-order valence-electron chi connectivity index (χ1n) is 30.9. The van der Waals surface area contributed by atoms with E-state index in [0.717, 1.165) is 29.7 Å². The number of nitrogens with one attached hydrogen (secondary N) is 1. The number of imidazole rings is 4. The zero-order valence-electron chi connectivity index (χ0n) is 53.3. The Morgan fingerprint density at radius 2 is 0.750 bits per heavy atom. The molecule has 14 rings (SSSR count). The molecular weight excluding hydrogens is 1500 g/mol. The number of phosphoric ester groups is 4. The van der Waals surface area contributed by atoms with Crippen molar-refractivity contribution in [2.45, 2.75) is 131 Å². The maximum absolute atomic E-state index is 14.4. The number of aliphatic hydroxyl groups excluding tert-OH is 1. The number of rotatable bonds is 28. The summed E-state index contributed by atoms with van der Waals surface area (Å²) in [4.78, 5) is 132. The Morgan fingerprint density at radius 3 is 1.08 bits per heavy atom. The van der Waals surface area contributed by atoms with E-state index in [4.69, 9.17) is 87.3 Å². The van der Waals surface area contributed by atoms with Crippen molar-refractivity contribution in [3.8, 4) is 0 Å². The third-order valence-electron chi connectivity index (χ3n) is 17.2. The summed E-state index contributed by atoms with van der Waals surface area (Å²) < 4.78 is 155. The third-order valence-corrected chi connectivity index (χ3v) is 21.6. The Labute approximate surface area is 580 Å². The third kappa shape index (κ3) is 15.6. The predicted octanol–water partition coefficient (Wildman–Crippen LogP) is 0.00692. The van der Waals surface area contributed by atoms with E-state index in [9.17, 15) is 62.0 Å². The van der Waals surface area contributed by atoms with Gasteiger partial charge in [-0.05, 0) is 6.92 Å². The highest BCUT2D eigenvalue weighted by molar-refractivity contribution is 7.48. The van der Waals surface area contributed by atoms with E-state index in [-0.39, 0.29) is 99.9 Å². The van der Waals surface area contributed by atoms with E-state index in [0.29, 0.717) is 5.65 Å². The molecule has 0 saturated carbocycles. The quantitative estimate of drug-likeness (QED) is 0.0288.